The van der Waals surface area contributed by atoms with Crippen molar-refractivity contribution in [2.24, 2.45) is 0 Å². The Kier molecular flexibility index (Phi) is 4.66. The molecule has 0 bridgehead atoms. The largest absolute Gasteiger partial charge is 0.454 e. The second-order valence-electron chi connectivity index (χ2n) is 6.76. The van der Waals surface area contributed by atoms with Gasteiger partial charge in [0.05, 0.1) is 5.02 Å². The first-order valence-electron chi connectivity index (χ1n) is 9.17. The minimum Gasteiger partial charge on any atom is -0.454 e. The van der Waals surface area contributed by atoms with Gasteiger partial charge in [0.15, 0.2) is 11.5 Å². The van der Waals surface area contributed by atoms with Crippen LogP contribution in [0.2, 0.25) is 5.02 Å². The molecular formula is C22H17ClN2O3S. The lowest BCUT2D eigenvalue weighted by molar-refractivity contribution is 0.0952. The lowest BCUT2D eigenvalue weighted by Crippen LogP contribution is -2.28. The fraction of sp³-hybridized carbons (Fsp3) is 0.136. The van der Waals surface area contributed by atoms with E-state index < -0.39 is 0 Å². The van der Waals surface area contributed by atoms with Crippen molar-refractivity contribution in [1.82, 2.24) is 10.3 Å². The minimum atomic E-state index is -0.202. The first-order valence-corrected chi connectivity index (χ1v) is 10.4. The number of nitrogens with one attached hydrogen (secondary N) is 2. The van der Waals surface area contributed by atoms with Crippen LogP contribution in [0.15, 0.2) is 60.1 Å². The van der Waals surface area contributed by atoms with Gasteiger partial charge < -0.3 is 19.8 Å². The number of carbonyl (C=O) groups excluding carboxylic acids is 1. The van der Waals surface area contributed by atoms with Gasteiger partial charge in [0, 0.05) is 40.0 Å². The Labute approximate surface area is 176 Å². The van der Waals surface area contributed by atoms with Gasteiger partial charge in [0.1, 0.15) is 0 Å². The van der Waals surface area contributed by atoms with Crippen molar-refractivity contribution in [3.05, 3.63) is 81.1 Å². The highest BCUT2D eigenvalue weighted by Gasteiger charge is 2.23. The monoisotopic (exact) mass is 424 g/mol. The van der Waals surface area contributed by atoms with Gasteiger partial charge in [-0.25, -0.2) is 0 Å². The summed E-state index contributed by atoms with van der Waals surface area (Å²) in [5.41, 5.74) is 2.69. The number of amides is 1. The molecule has 0 radical (unpaired) electrons. The maximum absolute atomic E-state index is 12.8. The van der Waals surface area contributed by atoms with E-state index in [0.29, 0.717) is 28.6 Å². The van der Waals surface area contributed by atoms with Crippen LogP contribution < -0.4 is 14.8 Å². The van der Waals surface area contributed by atoms with Gasteiger partial charge in [0.25, 0.3) is 5.91 Å². The summed E-state index contributed by atoms with van der Waals surface area (Å²) in [6.45, 7) is 0.578. The molecule has 1 amide bonds. The molecule has 0 saturated carbocycles. The summed E-state index contributed by atoms with van der Waals surface area (Å²) in [5, 5.41) is 6.64. The van der Waals surface area contributed by atoms with Crippen LogP contribution in [-0.2, 0) is 0 Å². The van der Waals surface area contributed by atoms with Crippen molar-refractivity contribution in [1.29, 1.82) is 0 Å². The van der Waals surface area contributed by atoms with Crippen LogP contribution in [0.4, 0.5) is 0 Å². The molecule has 0 fully saturated rings. The molecule has 4 aromatic rings. The fourth-order valence-electron chi connectivity index (χ4n) is 3.63. The quantitative estimate of drug-likeness (QED) is 0.464. The number of para-hydroxylation sites is 1. The number of halogens is 1. The predicted octanol–water partition coefficient (Wildman–Crippen LogP) is 5.17. The second kappa shape index (κ2) is 7.46. The summed E-state index contributed by atoms with van der Waals surface area (Å²) in [5.74, 6) is 0.818. The molecule has 29 heavy (non-hydrogen) atoms. The lowest BCUT2D eigenvalue weighted by atomic mass is 9.96. The van der Waals surface area contributed by atoms with Gasteiger partial charge in [-0.1, -0.05) is 35.9 Å². The Morgan fingerprint density at radius 2 is 2.10 bits per heavy atom. The molecule has 3 heterocycles. The number of benzene rings is 2. The van der Waals surface area contributed by atoms with E-state index in [0.717, 1.165) is 16.5 Å². The van der Waals surface area contributed by atoms with Crippen molar-refractivity contribution in [3.8, 4) is 11.5 Å². The van der Waals surface area contributed by atoms with E-state index >= 15 is 0 Å². The van der Waals surface area contributed by atoms with Gasteiger partial charge in [-0.3, -0.25) is 4.79 Å². The molecule has 1 aliphatic rings. The topological polar surface area (TPSA) is 63.4 Å². The highest BCUT2D eigenvalue weighted by atomic mass is 35.5. The van der Waals surface area contributed by atoms with Gasteiger partial charge >= 0.3 is 0 Å². The number of H-pyrrole nitrogens is 1. The fourth-order valence-corrected chi connectivity index (χ4v) is 4.74. The Morgan fingerprint density at radius 1 is 1.21 bits per heavy atom. The minimum absolute atomic E-state index is 0.0413. The van der Waals surface area contributed by atoms with E-state index in [2.05, 4.69) is 33.9 Å². The average molecular weight is 425 g/mol. The van der Waals surface area contributed by atoms with Crippen LogP contribution >= 0.6 is 22.9 Å². The number of fused-ring (bicyclic) bond motifs is 2. The third-order valence-electron chi connectivity index (χ3n) is 5.04. The number of rotatable bonds is 5. The molecule has 5 nitrogen and oxygen atoms in total. The van der Waals surface area contributed by atoms with Crippen molar-refractivity contribution < 1.29 is 14.3 Å². The zero-order valence-electron chi connectivity index (χ0n) is 15.3. The number of aromatic amines is 1. The molecule has 0 spiro atoms. The maximum atomic E-state index is 12.8. The molecule has 1 aliphatic heterocycles. The Morgan fingerprint density at radius 3 is 2.97 bits per heavy atom. The summed E-state index contributed by atoms with van der Waals surface area (Å²) < 4.78 is 10.7. The van der Waals surface area contributed by atoms with E-state index in [1.807, 2.05) is 24.4 Å². The second-order valence-corrected chi connectivity index (χ2v) is 8.15. The lowest BCUT2D eigenvalue weighted by Gasteiger charge is -2.16. The average Bonchev–Trinajstić information content (AvgIpc) is 3.49. The van der Waals surface area contributed by atoms with Gasteiger partial charge in [-0.2, -0.15) is 0 Å². The molecule has 1 atom stereocenters. The molecule has 146 valence electrons. The first-order chi connectivity index (χ1) is 14.2. The number of carbonyl (C=O) groups is 1. The van der Waals surface area contributed by atoms with Crippen molar-refractivity contribution in [2.45, 2.75) is 5.92 Å². The molecule has 5 rings (SSSR count). The summed E-state index contributed by atoms with van der Waals surface area (Å²) in [4.78, 5) is 17.4. The predicted molar refractivity (Wildman–Crippen MR) is 114 cm³/mol. The molecule has 2 aromatic carbocycles. The SMILES string of the molecule is O=C(NC[C@@H](c1cccs1)c1c[nH]c2ccccc12)c1cc(Cl)c2c(c1)OCO2. The zero-order valence-corrected chi connectivity index (χ0v) is 16.8. The van der Waals surface area contributed by atoms with E-state index in [9.17, 15) is 4.79 Å². The smallest absolute Gasteiger partial charge is 0.251 e. The van der Waals surface area contributed by atoms with E-state index in [-0.39, 0.29) is 18.6 Å². The van der Waals surface area contributed by atoms with Crippen molar-refractivity contribution in [3.63, 3.8) is 0 Å². The summed E-state index contributed by atoms with van der Waals surface area (Å²) in [7, 11) is 0. The Balaban J connectivity index is 1.42. The number of ether oxygens (including phenoxy) is 2. The molecule has 7 heteroatoms. The molecule has 0 saturated heterocycles. The third-order valence-corrected chi connectivity index (χ3v) is 6.31. The van der Waals surface area contributed by atoms with Crippen molar-refractivity contribution in [2.75, 3.05) is 13.3 Å². The summed E-state index contributed by atoms with van der Waals surface area (Å²) in [6, 6.07) is 15.6. The van der Waals surface area contributed by atoms with Crippen LogP contribution in [0, 0.1) is 0 Å². The molecule has 2 aromatic heterocycles. The zero-order chi connectivity index (χ0) is 19.8. The number of thiophene rings is 1. The Bertz CT molecular complexity index is 1190. The van der Waals surface area contributed by atoms with Crippen LogP contribution in [0.1, 0.15) is 26.7 Å². The first kappa shape index (κ1) is 18.1. The number of hydrogen-bond donors (Lipinski definition) is 2. The van der Waals surface area contributed by atoms with E-state index in [4.69, 9.17) is 21.1 Å². The van der Waals surface area contributed by atoms with E-state index in [1.165, 1.54) is 4.88 Å². The summed E-state index contributed by atoms with van der Waals surface area (Å²) in [6.07, 6.45) is 2.03. The number of hydrogen-bond acceptors (Lipinski definition) is 4. The Hall–Kier alpha value is -2.96. The summed E-state index contributed by atoms with van der Waals surface area (Å²) >= 11 is 7.90. The van der Waals surface area contributed by atoms with E-state index in [1.54, 1.807) is 23.5 Å². The molecule has 0 aliphatic carbocycles. The number of aromatic nitrogens is 1. The highest BCUT2D eigenvalue weighted by molar-refractivity contribution is 7.10. The van der Waals surface area contributed by atoms with Crippen LogP contribution in [0.3, 0.4) is 0 Å². The molecule has 0 unspecified atom stereocenters. The van der Waals surface area contributed by atoms with Crippen LogP contribution in [0.25, 0.3) is 10.9 Å². The van der Waals surface area contributed by atoms with Gasteiger partial charge in [-0.05, 0) is 35.2 Å². The maximum Gasteiger partial charge on any atom is 0.251 e. The normalized spacial score (nSPS) is 13.6. The highest BCUT2D eigenvalue weighted by Crippen LogP contribution is 2.40. The molecular weight excluding hydrogens is 408 g/mol. The van der Waals surface area contributed by atoms with Crippen molar-refractivity contribution >= 4 is 39.7 Å². The standard InChI is InChI=1S/C22H17ClN2O3S/c23-17-8-13(9-19-21(17)28-12-27-19)22(26)25-11-16(20-6-3-7-29-20)15-10-24-18-5-2-1-4-14(15)18/h1-10,16,24H,11-12H2,(H,25,26)/t16-/m1/s1. The van der Waals surface area contributed by atoms with Gasteiger partial charge in [0.2, 0.25) is 6.79 Å². The van der Waals surface area contributed by atoms with Crippen LogP contribution in [-0.4, -0.2) is 24.2 Å². The third kappa shape index (κ3) is 3.34. The van der Waals surface area contributed by atoms with Gasteiger partial charge in [-0.15, -0.1) is 11.3 Å². The van der Waals surface area contributed by atoms with Crippen LogP contribution in [0.5, 0.6) is 11.5 Å². The molecule has 2 N–H and O–H groups in total.